The van der Waals surface area contributed by atoms with Crippen molar-refractivity contribution in [3.63, 3.8) is 0 Å². The fraction of sp³-hybridized carbons (Fsp3) is 0.538. The highest BCUT2D eigenvalue weighted by Gasteiger charge is 2.42. The Balaban J connectivity index is 1.96. The number of rotatable bonds is 2. The number of hydrogen-bond donors (Lipinski definition) is 1. The van der Waals surface area contributed by atoms with Gasteiger partial charge >= 0.3 is 6.18 Å². The van der Waals surface area contributed by atoms with Crippen LogP contribution in [0.1, 0.15) is 36.0 Å². The Kier molecular flexibility index (Phi) is 4.52. The number of hydrogen-bond acceptors (Lipinski definition) is 2. The molecule has 0 bridgehead atoms. The summed E-state index contributed by atoms with van der Waals surface area (Å²) in [4.78, 5) is 15.7. The molecule has 0 aliphatic heterocycles. The number of carbonyl (C=O) groups excluding carboxylic acids is 1. The van der Waals surface area contributed by atoms with Crippen molar-refractivity contribution in [1.29, 1.82) is 0 Å². The molecule has 7 heteroatoms. The van der Waals surface area contributed by atoms with E-state index in [0.717, 1.165) is 0 Å². The maximum Gasteiger partial charge on any atom is 0.391 e. The molecule has 2 unspecified atom stereocenters. The molecule has 1 aliphatic rings. The van der Waals surface area contributed by atoms with E-state index in [0.29, 0.717) is 18.4 Å². The zero-order valence-electron chi connectivity index (χ0n) is 10.6. The summed E-state index contributed by atoms with van der Waals surface area (Å²) in [6, 6.07) is 2.52. The van der Waals surface area contributed by atoms with Crippen LogP contribution in [0.4, 0.5) is 13.2 Å². The van der Waals surface area contributed by atoms with E-state index >= 15 is 0 Å². The fourth-order valence-corrected chi connectivity index (χ4v) is 2.51. The predicted molar refractivity (Wildman–Crippen MR) is 68.5 cm³/mol. The van der Waals surface area contributed by atoms with E-state index in [-0.39, 0.29) is 18.0 Å². The average Bonchev–Trinajstić information content (AvgIpc) is 2.38. The first-order valence-corrected chi connectivity index (χ1v) is 6.73. The first kappa shape index (κ1) is 15.1. The van der Waals surface area contributed by atoms with Gasteiger partial charge in [-0.25, -0.2) is 4.98 Å². The van der Waals surface area contributed by atoms with Crippen LogP contribution in [0.5, 0.6) is 0 Å². The van der Waals surface area contributed by atoms with E-state index in [1.165, 1.54) is 18.3 Å². The lowest BCUT2D eigenvalue weighted by Gasteiger charge is -2.31. The van der Waals surface area contributed by atoms with Crippen LogP contribution in [0.3, 0.4) is 0 Å². The Hall–Kier alpha value is -1.30. The monoisotopic (exact) mass is 306 g/mol. The van der Waals surface area contributed by atoms with Crippen LogP contribution in [-0.2, 0) is 0 Å². The van der Waals surface area contributed by atoms with Crippen LogP contribution < -0.4 is 5.32 Å². The molecule has 0 saturated heterocycles. The minimum absolute atomic E-state index is 0.0593. The molecule has 110 valence electrons. The number of nitrogens with one attached hydrogen (secondary N) is 1. The van der Waals surface area contributed by atoms with Gasteiger partial charge in [0.05, 0.1) is 11.5 Å². The molecule has 0 spiro atoms. The van der Waals surface area contributed by atoms with Crippen LogP contribution in [0.25, 0.3) is 0 Å². The van der Waals surface area contributed by atoms with E-state index in [1.807, 2.05) is 0 Å². The number of alkyl halides is 3. The largest absolute Gasteiger partial charge is 0.391 e. The number of carbonyl (C=O) groups is 1. The molecule has 1 aromatic rings. The van der Waals surface area contributed by atoms with Crippen LogP contribution in [-0.4, -0.2) is 23.1 Å². The molecule has 1 fully saturated rings. The smallest absolute Gasteiger partial charge is 0.349 e. The summed E-state index contributed by atoms with van der Waals surface area (Å²) >= 11 is 5.61. The Bertz CT molecular complexity index is 475. The van der Waals surface area contributed by atoms with E-state index < -0.39 is 24.0 Å². The van der Waals surface area contributed by atoms with Crippen molar-refractivity contribution in [2.24, 2.45) is 5.92 Å². The lowest BCUT2D eigenvalue weighted by Crippen LogP contribution is -2.41. The number of nitrogens with zero attached hydrogens (tertiary/aromatic N) is 1. The van der Waals surface area contributed by atoms with E-state index in [9.17, 15) is 18.0 Å². The zero-order valence-corrected chi connectivity index (χ0v) is 11.3. The predicted octanol–water partition coefficient (Wildman–Crippen LogP) is 3.59. The molecule has 1 aromatic heterocycles. The zero-order chi connectivity index (χ0) is 14.8. The van der Waals surface area contributed by atoms with Crippen molar-refractivity contribution in [3.8, 4) is 0 Å². The van der Waals surface area contributed by atoms with Gasteiger partial charge in [-0.3, -0.25) is 4.79 Å². The van der Waals surface area contributed by atoms with Gasteiger partial charge in [-0.15, -0.1) is 0 Å². The highest BCUT2D eigenvalue weighted by Crippen LogP contribution is 2.37. The van der Waals surface area contributed by atoms with Gasteiger partial charge in [0.1, 0.15) is 5.15 Å². The summed E-state index contributed by atoms with van der Waals surface area (Å²) in [6.07, 6.45) is -1.77. The second-order valence-electron chi connectivity index (χ2n) is 4.95. The SMILES string of the molecule is O=C(NC1CCCC(C(F)(F)F)C1)c1ccc(Cl)nc1. The van der Waals surface area contributed by atoms with Crippen molar-refractivity contribution in [1.82, 2.24) is 10.3 Å². The molecule has 0 radical (unpaired) electrons. The maximum absolute atomic E-state index is 12.7. The fourth-order valence-electron chi connectivity index (χ4n) is 2.40. The van der Waals surface area contributed by atoms with Gasteiger partial charge in [-0.05, 0) is 31.4 Å². The van der Waals surface area contributed by atoms with Gasteiger partial charge in [0, 0.05) is 12.2 Å². The number of aromatic nitrogens is 1. The van der Waals surface area contributed by atoms with Crippen molar-refractivity contribution >= 4 is 17.5 Å². The molecule has 1 saturated carbocycles. The maximum atomic E-state index is 12.7. The molecular weight excluding hydrogens is 293 g/mol. The van der Waals surface area contributed by atoms with Gasteiger partial charge in [0.25, 0.3) is 5.91 Å². The molecule has 2 atom stereocenters. The summed E-state index contributed by atoms with van der Waals surface area (Å²) in [5.41, 5.74) is 0.295. The Morgan fingerprint density at radius 3 is 2.70 bits per heavy atom. The number of amides is 1. The van der Waals surface area contributed by atoms with E-state index in [2.05, 4.69) is 10.3 Å². The number of halogens is 4. The number of pyridine rings is 1. The van der Waals surface area contributed by atoms with Gasteiger partial charge in [-0.2, -0.15) is 13.2 Å². The summed E-state index contributed by atoms with van der Waals surface area (Å²) in [5.74, 6) is -1.74. The molecule has 2 rings (SSSR count). The Morgan fingerprint density at radius 2 is 2.10 bits per heavy atom. The molecule has 1 amide bonds. The summed E-state index contributed by atoms with van der Waals surface area (Å²) in [6.45, 7) is 0. The minimum Gasteiger partial charge on any atom is -0.349 e. The molecular formula is C13H14ClF3N2O. The summed E-state index contributed by atoms with van der Waals surface area (Å²) in [7, 11) is 0. The van der Waals surface area contributed by atoms with Crippen LogP contribution >= 0.6 is 11.6 Å². The van der Waals surface area contributed by atoms with Crippen LogP contribution in [0.2, 0.25) is 5.15 Å². The van der Waals surface area contributed by atoms with Crippen molar-refractivity contribution < 1.29 is 18.0 Å². The van der Waals surface area contributed by atoms with Crippen LogP contribution in [0, 0.1) is 5.92 Å². The van der Waals surface area contributed by atoms with Crippen LogP contribution in [0.15, 0.2) is 18.3 Å². The second kappa shape index (κ2) is 5.99. The topological polar surface area (TPSA) is 42.0 Å². The second-order valence-corrected chi connectivity index (χ2v) is 5.33. The van der Waals surface area contributed by atoms with E-state index in [4.69, 9.17) is 11.6 Å². The van der Waals surface area contributed by atoms with Crippen molar-refractivity contribution in [2.75, 3.05) is 0 Å². The third kappa shape index (κ3) is 3.85. The van der Waals surface area contributed by atoms with Gasteiger partial charge in [0.2, 0.25) is 0 Å². The van der Waals surface area contributed by atoms with Crippen molar-refractivity contribution in [3.05, 3.63) is 29.0 Å². The quantitative estimate of drug-likeness (QED) is 0.849. The molecule has 1 N–H and O–H groups in total. The highest BCUT2D eigenvalue weighted by molar-refractivity contribution is 6.29. The molecule has 1 aliphatic carbocycles. The molecule has 0 aromatic carbocycles. The normalized spacial score (nSPS) is 23.4. The van der Waals surface area contributed by atoms with E-state index in [1.54, 1.807) is 0 Å². The average molecular weight is 307 g/mol. The third-order valence-electron chi connectivity index (χ3n) is 3.46. The summed E-state index contributed by atoms with van der Waals surface area (Å²) in [5, 5.41) is 2.90. The van der Waals surface area contributed by atoms with Crippen molar-refractivity contribution in [2.45, 2.75) is 37.9 Å². The lowest BCUT2D eigenvalue weighted by molar-refractivity contribution is -0.183. The third-order valence-corrected chi connectivity index (χ3v) is 3.69. The summed E-state index contributed by atoms with van der Waals surface area (Å²) < 4.78 is 38.0. The molecule has 20 heavy (non-hydrogen) atoms. The standard InChI is InChI=1S/C13H14ClF3N2O/c14-11-5-4-8(7-18-11)12(20)19-10-3-1-2-9(6-10)13(15,16)17/h4-5,7,9-10H,1-3,6H2,(H,19,20). The van der Waals surface area contributed by atoms with Gasteiger partial charge < -0.3 is 5.32 Å². The molecule has 3 nitrogen and oxygen atoms in total. The molecule has 1 heterocycles. The van der Waals surface area contributed by atoms with Gasteiger partial charge in [0.15, 0.2) is 0 Å². The lowest BCUT2D eigenvalue weighted by atomic mass is 9.85. The van der Waals surface area contributed by atoms with Gasteiger partial charge in [-0.1, -0.05) is 18.0 Å². The first-order chi connectivity index (χ1) is 9.36. The Morgan fingerprint density at radius 1 is 1.35 bits per heavy atom. The Labute approximate surface area is 119 Å². The highest BCUT2D eigenvalue weighted by atomic mass is 35.5. The minimum atomic E-state index is -4.19. The first-order valence-electron chi connectivity index (χ1n) is 6.35.